The number of hydrogen-bond acceptors (Lipinski definition) is 4. The van der Waals surface area contributed by atoms with Gasteiger partial charge in [0, 0.05) is 33.9 Å². The number of nitrogens with zero attached hydrogens (tertiary/aromatic N) is 1. The summed E-state index contributed by atoms with van der Waals surface area (Å²) in [6.07, 6.45) is 0. The van der Waals surface area contributed by atoms with Gasteiger partial charge in [0.2, 0.25) is 0 Å². The van der Waals surface area contributed by atoms with Gasteiger partial charge in [-0.2, -0.15) is 0 Å². The predicted molar refractivity (Wildman–Crippen MR) is 77.3 cm³/mol. The van der Waals surface area contributed by atoms with Gasteiger partial charge in [-0.3, -0.25) is 14.9 Å². The zero-order valence-corrected chi connectivity index (χ0v) is 11.6. The molecule has 0 saturated carbocycles. The van der Waals surface area contributed by atoms with E-state index in [4.69, 9.17) is 0 Å². The SMILES string of the molecule is Cc1cccc2c1SCc1cc([N+](=O)[O-])ccc1C2=O. The standard InChI is InChI=1S/C15H11NO3S/c1-9-3-2-4-13-14(17)12-6-5-11(16(18)19)7-10(12)8-20-15(9)13/h2-7H,8H2,1H3. The molecule has 0 bridgehead atoms. The second-order valence-corrected chi connectivity index (χ2v) is 5.65. The van der Waals surface area contributed by atoms with Crippen molar-refractivity contribution in [2.45, 2.75) is 17.6 Å². The van der Waals surface area contributed by atoms with Crippen LogP contribution in [0, 0.1) is 17.0 Å². The third-order valence-corrected chi connectivity index (χ3v) is 4.66. The fourth-order valence-corrected chi connectivity index (χ4v) is 3.50. The minimum absolute atomic E-state index is 0.0276. The molecule has 2 aromatic carbocycles. The van der Waals surface area contributed by atoms with E-state index in [1.54, 1.807) is 17.8 Å². The smallest absolute Gasteiger partial charge is 0.269 e. The van der Waals surface area contributed by atoms with Crippen molar-refractivity contribution in [3.8, 4) is 0 Å². The van der Waals surface area contributed by atoms with Crippen molar-refractivity contribution in [3.63, 3.8) is 0 Å². The fraction of sp³-hybridized carbons (Fsp3) is 0.133. The number of non-ortho nitro benzene ring substituents is 1. The normalized spacial score (nSPS) is 13.3. The Kier molecular flexibility index (Phi) is 3.06. The number of benzene rings is 2. The summed E-state index contributed by atoms with van der Waals surface area (Å²) in [6, 6.07) is 10.1. The summed E-state index contributed by atoms with van der Waals surface area (Å²) < 4.78 is 0. The summed E-state index contributed by atoms with van der Waals surface area (Å²) in [5.74, 6) is 0.513. The molecule has 20 heavy (non-hydrogen) atoms. The van der Waals surface area contributed by atoms with E-state index < -0.39 is 4.92 Å². The van der Waals surface area contributed by atoms with Crippen LogP contribution in [0.1, 0.15) is 27.0 Å². The van der Waals surface area contributed by atoms with Gasteiger partial charge in [-0.15, -0.1) is 11.8 Å². The van der Waals surface area contributed by atoms with E-state index in [9.17, 15) is 14.9 Å². The maximum atomic E-state index is 12.6. The van der Waals surface area contributed by atoms with Crippen LogP contribution in [0.15, 0.2) is 41.3 Å². The molecule has 0 aromatic heterocycles. The topological polar surface area (TPSA) is 60.2 Å². The highest BCUT2D eigenvalue weighted by atomic mass is 32.2. The van der Waals surface area contributed by atoms with Crippen LogP contribution in [0.3, 0.4) is 0 Å². The van der Waals surface area contributed by atoms with E-state index in [-0.39, 0.29) is 11.5 Å². The van der Waals surface area contributed by atoms with Gasteiger partial charge in [0.25, 0.3) is 5.69 Å². The van der Waals surface area contributed by atoms with Crippen molar-refractivity contribution in [2.24, 2.45) is 0 Å². The van der Waals surface area contributed by atoms with Crippen LogP contribution in [-0.4, -0.2) is 10.7 Å². The minimum atomic E-state index is -0.432. The summed E-state index contributed by atoms with van der Waals surface area (Å²) >= 11 is 1.56. The Bertz CT molecular complexity index is 740. The maximum Gasteiger partial charge on any atom is 0.269 e. The first-order chi connectivity index (χ1) is 9.58. The monoisotopic (exact) mass is 285 g/mol. The molecule has 0 unspecified atom stereocenters. The molecule has 1 aliphatic rings. The van der Waals surface area contributed by atoms with E-state index in [0.717, 1.165) is 16.0 Å². The van der Waals surface area contributed by atoms with Crippen molar-refractivity contribution in [1.82, 2.24) is 0 Å². The largest absolute Gasteiger partial charge is 0.289 e. The number of rotatable bonds is 1. The van der Waals surface area contributed by atoms with Crippen LogP contribution >= 0.6 is 11.8 Å². The van der Waals surface area contributed by atoms with Crippen LogP contribution < -0.4 is 0 Å². The van der Waals surface area contributed by atoms with E-state index in [0.29, 0.717) is 16.9 Å². The molecule has 0 saturated heterocycles. The zero-order chi connectivity index (χ0) is 14.3. The average molecular weight is 285 g/mol. The van der Waals surface area contributed by atoms with Crippen molar-refractivity contribution in [1.29, 1.82) is 0 Å². The first kappa shape index (κ1) is 12.9. The quantitative estimate of drug-likeness (QED) is 0.591. The number of carbonyl (C=O) groups excluding carboxylic acids is 1. The highest BCUT2D eigenvalue weighted by Gasteiger charge is 2.24. The molecule has 0 spiro atoms. The average Bonchev–Trinajstić information content (AvgIpc) is 2.57. The number of aryl methyl sites for hydroxylation is 1. The Morgan fingerprint density at radius 1 is 1.20 bits per heavy atom. The van der Waals surface area contributed by atoms with Gasteiger partial charge in [-0.05, 0) is 30.2 Å². The molecule has 2 aromatic rings. The summed E-state index contributed by atoms with van der Waals surface area (Å²) in [5, 5.41) is 10.8. The molecule has 0 radical (unpaired) electrons. The lowest BCUT2D eigenvalue weighted by molar-refractivity contribution is -0.384. The Balaban J connectivity index is 2.16. The summed E-state index contributed by atoms with van der Waals surface area (Å²) in [7, 11) is 0. The fourth-order valence-electron chi connectivity index (χ4n) is 2.35. The van der Waals surface area contributed by atoms with E-state index in [1.165, 1.54) is 12.1 Å². The summed E-state index contributed by atoms with van der Waals surface area (Å²) in [6.45, 7) is 1.97. The molecule has 3 rings (SSSR count). The third-order valence-electron chi connectivity index (χ3n) is 3.37. The van der Waals surface area contributed by atoms with Gasteiger partial charge in [0.1, 0.15) is 0 Å². The molecule has 5 heteroatoms. The van der Waals surface area contributed by atoms with Crippen LogP contribution in [0.2, 0.25) is 0 Å². The minimum Gasteiger partial charge on any atom is -0.289 e. The van der Waals surface area contributed by atoms with Crippen molar-refractivity contribution in [3.05, 3.63) is 68.8 Å². The predicted octanol–water partition coefficient (Wildman–Crippen LogP) is 3.74. The summed E-state index contributed by atoms with van der Waals surface area (Å²) in [4.78, 5) is 24.0. The number of nitro groups is 1. The van der Waals surface area contributed by atoms with Gasteiger partial charge in [-0.25, -0.2) is 0 Å². The molecular formula is C15H11NO3S. The van der Waals surface area contributed by atoms with E-state index >= 15 is 0 Å². The highest BCUT2D eigenvalue weighted by molar-refractivity contribution is 7.98. The Morgan fingerprint density at radius 2 is 2.00 bits per heavy atom. The second kappa shape index (κ2) is 4.76. The first-order valence-electron chi connectivity index (χ1n) is 6.12. The molecule has 100 valence electrons. The Morgan fingerprint density at radius 3 is 2.75 bits per heavy atom. The van der Waals surface area contributed by atoms with Crippen LogP contribution in [-0.2, 0) is 5.75 Å². The van der Waals surface area contributed by atoms with E-state index in [1.807, 2.05) is 25.1 Å². The van der Waals surface area contributed by atoms with Crippen molar-refractivity contribution < 1.29 is 9.72 Å². The van der Waals surface area contributed by atoms with Gasteiger partial charge in [-0.1, -0.05) is 12.1 Å². The molecule has 0 N–H and O–H groups in total. The lowest BCUT2D eigenvalue weighted by Crippen LogP contribution is -2.04. The van der Waals surface area contributed by atoms with Gasteiger partial charge < -0.3 is 0 Å². The summed E-state index contributed by atoms with van der Waals surface area (Å²) in [5.41, 5.74) is 3.06. The molecule has 4 nitrogen and oxygen atoms in total. The number of carbonyl (C=O) groups is 1. The molecule has 0 amide bonds. The number of hydrogen-bond donors (Lipinski definition) is 0. The maximum absolute atomic E-state index is 12.6. The molecule has 1 heterocycles. The molecule has 0 fully saturated rings. The van der Waals surface area contributed by atoms with Gasteiger partial charge >= 0.3 is 0 Å². The first-order valence-corrected chi connectivity index (χ1v) is 7.11. The van der Waals surface area contributed by atoms with Crippen molar-refractivity contribution >= 4 is 23.2 Å². The van der Waals surface area contributed by atoms with Gasteiger partial charge in [0.15, 0.2) is 5.78 Å². The molecule has 1 aliphatic heterocycles. The molecule has 0 atom stereocenters. The number of ketones is 1. The molecule has 0 aliphatic carbocycles. The lowest BCUT2D eigenvalue weighted by atomic mass is 9.98. The van der Waals surface area contributed by atoms with E-state index in [2.05, 4.69) is 0 Å². The van der Waals surface area contributed by atoms with Crippen LogP contribution in [0.4, 0.5) is 5.69 Å². The van der Waals surface area contributed by atoms with Crippen LogP contribution in [0.25, 0.3) is 0 Å². The van der Waals surface area contributed by atoms with Crippen LogP contribution in [0.5, 0.6) is 0 Å². The number of nitro benzene ring substituents is 1. The highest BCUT2D eigenvalue weighted by Crippen LogP contribution is 2.36. The van der Waals surface area contributed by atoms with Crippen molar-refractivity contribution in [2.75, 3.05) is 0 Å². The molecular weight excluding hydrogens is 274 g/mol. The Hall–Kier alpha value is -2.14. The zero-order valence-electron chi connectivity index (χ0n) is 10.8. The second-order valence-electron chi connectivity index (χ2n) is 4.67. The number of fused-ring (bicyclic) bond motifs is 2. The third kappa shape index (κ3) is 2.00. The van der Waals surface area contributed by atoms with Gasteiger partial charge in [0.05, 0.1) is 4.92 Å². The Labute approximate surface area is 120 Å². The lowest BCUT2D eigenvalue weighted by Gasteiger charge is -2.06. The number of thioether (sulfide) groups is 1.